The summed E-state index contributed by atoms with van der Waals surface area (Å²) in [5.41, 5.74) is 4.95. The number of benzene rings is 2. The summed E-state index contributed by atoms with van der Waals surface area (Å²) in [5.74, 6) is -1.58. The Morgan fingerprint density at radius 3 is 2.04 bits per heavy atom. The molecule has 0 bridgehead atoms. The van der Waals surface area contributed by atoms with E-state index in [2.05, 4.69) is 9.47 Å². The number of fused-ring (bicyclic) bond motifs is 1. The third-order valence-electron chi connectivity index (χ3n) is 3.57. The highest BCUT2D eigenvalue weighted by Crippen LogP contribution is 2.36. The molecule has 0 amide bonds. The van der Waals surface area contributed by atoms with E-state index in [-0.39, 0.29) is 27.5 Å². The smallest absolute Gasteiger partial charge is 0.407 e. The second kappa shape index (κ2) is 6.48. The lowest BCUT2D eigenvalue weighted by molar-refractivity contribution is -0.148. The van der Waals surface area contributed by atoms with E-state index in [0.717, 1.165) is 26.4 Å². The van der Waals surface area contributed by atoms with Gasteiger partial charge in [-0.2, -0.15) is 13.2 Å². The van der Waals surface area contributed by atoms with Gasteiger partial charge in [0.2, 0.25) is 0 Å². The number of rotatable bonds is 3. The number of carbonyl (C=O) groups is 2. The zero-order chi connectivity index (χ0) is 18.1. The van der Waals surface area contributed by atoms with Crippen LogP contribution >= 0.6 is 0 Å². The van der Waals surface area contributed by atoms with Gasteiger partial charge >= 0.3 is 18.1 Å². The average Bonchev–Trinajstić information content (AvgIpc) is 2.57. The first kappa shape index (κ1) is 17.7. The predicted octanol–water partition coefficient (Wildman–Crippen LogP) is 2.98. The van der Waals surface area contributed by atoms with Crippen molar-refractivity contribution in [2.75, 3.05) is 14.2 Å². The molecule has 2 aromatic rings. The fourth-order valence-corrected chi connectivity index (χ4v) is 2.44. The Labute approximate surface area is 135 Å². The second-order valence-electron chi connectivity index (χ2n) is 4.93. The Kier molecular flexibility index (Phi) is 4.79. The number of hydrogen-bond donors (Lipinski definition) is 1. The van der Waals surface area contributed by atoms with Crippen LogP contribution < -0.4 is 5.73 Å². The van der Waals surface area contributed by atoms with Gasteiger partial charge in [-0.1, -0.05) is 18.2 Å². The number of ether oxygens (including phenoxy) is 2. The van der Waals surface area contributed by atoms with Crippen LogP contribution in [0.2, 0.25) is 0 Å². The fraction of sp³-hybridized carbons (Fsp3) is 0.250. The van der Waals surface area contributed by atoms with Crippen molar-refractivity contribution in [3.8, 4) is 0 Å². The molecule has 0 fully saturated rings. The molecule has 0 spiro atoms. The van der Waals surface area contributed by atoms with Gasteiger partial charge in [0.25, 0.3) is 0 Å². The Hall–Kier alpha value is -2.61. The molecule has 24 heavy (non-hydrogen) atoms. The molecule has 0 radical (unpaired) electrons. The highest BCUT2D eigenvalue weighted by Gasteiger charge is 2.39. The molecule has 0 aromatic heterocycles. The molecule has 0 aliphatic rings. The van der Waals surface area contributed by atoms with Crippen LogP contribution in [0.5, 0.6) is 0 Å². The van der Waals surface area contributed by atoms with Crippen LogP contribution in [-0.2, 0) is 9.47 Å². The highest BCUT2D eigenvalue weighted by molar-refractivity contribution is 6.14. The maximum absolute atomic E-state index is 13.0. The Morgan fingerprint density at radius 1 is 1.00 bits per heavy atom. The molecule has 0 saturated heterocycles. The van der Waals surface area contributed by atoms with Crippen molar-refractivity contribution in [3.63, 3.8) is 0 Å². The normalized spacial score (nSPS) is 12.8. The van der Waals surface area contributed by atoms with E-state index in [1.54, 1.807) is 0 Å². The average molecular weight is 341 g/mol. The number of hydrogen-bond acceptors (Lipinski definition) is 5. The quantitative estimate of drug-likeness (QED) is 0.869. The van der Waals surface area contributed by atoms with E-state index in [1.165, 1.54) is 18.2 Å². The topological polar surface area (TPSA) is 78.6 Å². The molecule has 0 unspecified atom stereocenters. The molecular weight excluding hydrogens is 327 g/mol. The van der Waals surface area contributed by atoms with E-state index < -0.39 is 24.2 Å². The molecular formula is C16H14F3NO4. The summed E-state index contributed by atoms with van der Waals surface area (Å²) in [7, 11) is 2.26. The van der Waals surface area contributed by atoms with Crippen LogP contribution in [0.15, 0.2) is 30.3 Å². The van der Waals surface area contributed by atoms with E-state index in [4.69, 9.17) is 5.73 Å². The molecule has 128 valence electrons. The summed E-state index contributed by atoms with van der Waals surface area (Å²) in [4.78, 5) is 23.9. The zero-order valence-electron chi connectivity index (χ0n) is 12.8. The van der Waals surface area contributed by atoms with Crippen LogP contribution in [-0.4, -0.2) is 32.3 Å². The Balaban J connectivity index is 2.88. The maximum atomic E-state index is 13.0. The van der Waals surface area contributed by atoms with E-state index in [1.807, 2.05) is 0 Å². The first-order chi connectivity index (χ1) is 11.2. The molecule has 2 N–H and O–H groups in total. The van der Waals surface area contributed by atoms with Gasteiger partial charge in [0.1, 0.15) is 6.04 Å². The van der Waals surface area contributed by atoms with Crippen LogP contribution in [0.3, 0.4) is 0 Å². The van der Waals surface area contributed by atoms with Crippen molar-refractivity contribution in [3.05, 3.63) is 47.0 Å². The molecule has 0 aliphatic heterocycles. The number of halogens is 3. The first-order valence-corrected chi connectivity index (χ1v) is 6.77. The summed E-state index contributed by atoms with van der Waals surface area (Å²) < 4.78 is 48.3. The minimum atomic E-state index is -4.68. The van der Waals surface area contributed by atoms with Gasteiger partial charge in [0.05, 0.1) is 25.3 Å². The number of alkyl halides is 3. The lowest BCUT2D eigenvalue weighted by atomic mass is 9.92. The second-order valence-corrected chi connectivity index (χ2v) is 4.93. The van der Waals surface area contributed by atoms with E-state index in [0.29, 0.717) is 0 Å². The van der Waals surface area contributed by atoms with Crippen LogP contribution in [0.25, 0.3) is 10.8 Å². The summed E-state index contributed by atoms with van der Waals surface area (Å²) in [6, 6.07) is 4.09. The molecule has 1 atom stereocenters. The Bertz CT molecular complexity index is 779. The number of esters is 2. The molecule has 2 rings (SSSR count). The van der Waals surface area contributed by atoms with Crippen LogP contribution in [0.1, 0.15) is 32.3 Å². The largest absolute Gasteiger partial charge is 0.465 e. The van der Waals surface area contributed by atoms with Crippen molar-refractivity contribution in [2.45, 2.75) is 12.2 Å². The van der Waals surface area contributed by atoms with Crippen molar-refractivity contribution < 1.29 is 32.2 Å². The minimum Gasteiger partial charge on any atom is -0.465 e. The number of nitrogens with two attached hydrogens (primary N) is 1. The minimum absolute atomic E-state index is 0.00778. The van der Waals surface area contributed by atoms with E-state index in [9.17, 15) is 22.8 Å². The summed E-state index contributed by atoms with van der Waals surface area (Å²) in [6.45, 7) is 0. The van der Waals surface area contributed by atoms with Gasteiger partial charge in [-0.05, 0) is 23.1 Å². The van der Waals surface area contributed by atoms with Gasteiger partial charge in [-0.25, -0.2) is 9.59 Å². The predicted molar refractivity (Wildman–Crippen MR) is 79.6 cm³/mol. The highest BCUT2D eigenvalue weighted by atomic mass is 19.4. The lowest BCUT2D eigenvalue weighted by Crippen LogP contribution is -2.28. The molecule has 2 aromatic carbocycles. The van der Waals surface area contributed by atoms with Gasteiger partial charge in [-0.3, -0.25) is 0 Å². The Morgan fingerprint density at radius 2 is 1.54 bits per heavy atom. The number of methoxy groups -OCH3 is 2. The third-order valence-corrected chi connectivity index (χ3v) is 3.57. The SMILES string of the molecule is COC(=O)c1cccc2c([C@@H](N)C(F)(F)F)ccc(C(=O)OC)c12. The fourth-order valence-electron chi connectivity index (χ4n) is 2.44. The maximum Gasteiger partial charge on any atom is 0.407 e. The monoisotopic (exact) mass is 341 g/mol. The zero-order valence-corrected chi connectivity index (χ0v) is 12.8. The summed E-state index contributed by atoms with van der Waals surface area (Å²) in [5, 5.41) is 0.0408. The van der Waals surface area contributed by atoms with Gasteiger partial charge in [-0.15, -0.1) is 0 Å². The van der Waals surface area contributed by atoms with Gasteiger partial charge in [0, 0.05) is 5.39 Å². The lowest BCUT2D eigenvalue weighted by Gasteiger charge is -2.19. The van der Waals surface area contributed by atoms with E-state index >= 15 is 0 Å². The van der Waals surface area contributed by atoms with Crippen molar-refractivity contribution in [1.29, 1.82) is 0 Å². The summed E-state index contributed by atoms with van der Waals surface area (Å²) >= 11 is 0. The molecule has 0 heterocycles. The molecule has 8 heteroatoms. The number of carbonyl (C=O) groups excluding carboxylic acids is 2. The molecule has 0 saturated carbocycles. The van der Waals surface area contributed by atoms with Crippen molar-refractivity contribution in [2.24, 2.45) is 5.73 Å². The van der Waals surface area contributed by atoms with Crippen molar-refractivity contribution >= 4 is 22.7 Å². The van der Waals surface area contributed by atoms with Gasteiger partial charge < -0.3 is 15.2 Å². The molecule has 5 nitrogen and oxygen atoms in total. The summed E-state index contributed by atoms with van der Waals surface area (Å²) in [6.07, 6.45) is -4.68. The van der Waals surface area contributed by atoms with Gasteiger partial charge in [0.15, 0.2) is 0 Å². The standard InChI is InChI=1S/C16H14F3NO4/c1-23-14(21)10-5-3-4-8-9(13(20)16(17,18)19)6-7-11(12(8)10)15(22)24-2/h3-7,13H,20H2,1-2H3/t13-/m1/s1. The van der Waals surface area contributed by atoms with Crippen molar-refractivity contribution in [1.82, 2.24) is 0 Å². The third kappa shape index (κ3) is 3.05. The molecule has 0 aliphatic carbocycles. The first-order valence-electron chi connectivity index (χ1n) is 6.77. The van der Waals surface area contributed by atoms with Crippen LogP contribution in [0, 0.1) is 0 Å². The van der Waals surface area contributed by atoms with Crippen LogP contribution in [0.4, 0.5) is 13.2 Å².